The van der Waals surface area contributed by atoms with Gasteiger partial charge in [0.15, 0.2) is 5.60 Å². The first-order valence-corrected chi connectivity index (χ1v) is 6.45. The van der Waals surface area contributed by atoms with E-state index in [4.69, 9.17) is 4.84 Å². The molecule has 1 unspecified atom stereocenters. The highest BCUT2D eigenvalue weighted by Gasteiger charge is 2.44. The lowest BCUT2D eigenvalue weighted by atomic mass is 9.97. The van der Waals surface area contributed by atoms with Crippen molar-refractivity contribution in [2.24, 2.45) is 5.16 Å². The summed E-state index contributed by atoms with van der Waals surface area (Å²) in [6, 6.07) is 0. The van der Waals surface area contributed by atoms with Crippen LogP contribution in [0.25, 0.3) is 0 Å². The van der Waals surface area contributed by atoms with Crippen LogP contribution in [0.15, 0.2) is 16.9 Å². The van der Waals surface area contributed by atoms with Crippen molar-refractivity contribution in [2.45, 2.75) is 31.9 Å². The van der Waals surface area contributed by atoms with E-state index in [0.717, 1.165) is 38.2 Å². The number of hydrogen-bond donors (Lipinski definition) is 0. The molecule has 2 aliphatic heterocycles. The Morgan fingerprint density at radius 3 is 3.25 bits per heavy atom. The van der Waals surface area contributed by atoms with Gasteiger partial charge in [-0.15, -0.1) is 11.3 Å². The van der Waals surface area contributed by atoms with Gasteiger partial charge in [-0.3, -0.25) is 9.88 Å². The van der Waals surface area contributed by atoms with E-state index in [9.17, 15) is 0 Å². The molecule has 0 aliphatic carbocycles. The lowest BCUT2D eigenvalue weighted by molar-refractivity contribution is -0.0104. The van der Waals surface area contributed by atoms with Crippen molar-refractivity contribution in [2.75, 3.05) is 13.1 Å². The molecule has 86 valence electrons. The standard InChI is InChI=1S/C11H15N3OS/c1-9-4-11(15-13-9)2-3-14(7-11)6-10-5-12-8-16-10/h5,8H,2-4,6-7H2,1H3. The van der Waals surface area contributed by atoms with E-state index < -0.39 is 0 Å². The van der Waals surface area contributed by atoms with Gasteiger partial charge in [0.25, 0.3) is 0 Å². The van der Waals surface area contributed by atoms with Crippen molar-refractivity contribution >= 4 is 17.0 Å². The van der Waals surface area contributed by atoms with Crippen LogP contribution in [0.1, 0.15) is 24.6 Å². The van der Waals surface area contributed by atoms with Crippen LogP contribution in [-0.2, 0) is 11.4 Å². The van der Waals surface area contributed by atoms with Gasteiger partial charge in [-0.05, 0) is 6.92 Å². The largest absolute Gasteiger partial charge is 0.387 e. The zero-order valence-corrected chi connectivity index (χ0v) is 10.2. The molecule has 1 spiro atoms. The molecule has 0 aromatic carbocycles. The minimum atomic E-state index is -0.0191. The number of hydrogen-bond acceptors (Lipinski definition) is 5. The summed E-state index contributed by atoms with van der Waals surface area (Å²) in [4.78, 5) is 13.5. The molecule has 1 aromatic heterocycles. The first-order valence-electron chi connectivity index (χ1n) is 5.57. The fraction of sp³-hybridized carbons (Fsp3) is 0.636. The predicted octanol–water partition coefficient (Wildman–Crippen LogP) is 1.88. The lowest BCUT2D eigenvalue weighted by Crippen LogP contribution is -2.33. The third-order valence-electron chi connectivity index (χ3n) is 3.23. The van der Waals surface area contributed by atoms with Gasteiger partial charge in [0.2, 0.25) is 0 Å². The summed E-state index contributed by atoms with van der Waals surface area (Å²) in [6.45, 7) is 5.13. The SMILES string of the molecule is CC1=NOC2(CCN(Cc3cncs3)C2)C1. The fourth-order valence-electron chi connectivity index (χ4n) is 2.53. The number of oxime groups is 1. The molecule has 3 rings (SSSR count). The molecule has 0 bridgehead atoms. The molecular formula is C11H15N3OS. The lowest BCUT2D eigenvalue weighted by Gasteiger charge is -2.21. The Bertz CT molecular complexity index is 403. The molecule has 1 atom stereocenters. The van der Waals surface area contributed by atoms with Gasteiger partial charge < -0.3 is 4.84 Å². The van der Waals surface area contributed by atoms with Crippen LogP contribution in [0.3, 0.4) is 0 Å². The second kappa shape index (κ2) is 3.82. The van der Waals surface area contributed by atoms with Gasteiger partial charge in [0, 0.05) is 43.5 Å². The maximum Gasteiger partial charge on any atom is 0.156 e. The molecule has 0 saturated carbocycles. The first kappa shape index (κ1) is 10.2. The minimum absolute atomic E-state index is 0.0191. The Labute approximate surface area is 98.9 Å². The molecule has 0 N–H and O–H groups in total. The molecule has 1 saturated heterocycles. The van der Waals surface area contributed by atoms with Crippen molar-refractivity contribution in [3.63, 3.8) is 0 Å². The number of nitrogens with zero attached hydrogens (tertiary/aromatic N) is 3. The third kappa shape index (κ3) is 1.85. The van der Waals surface area contributed by atoms with Crippen LogP contribution in [0, 0.1) is 0 Å². The number of aromatic nitrogens is 1. The Hall–Kier alpha value is -0.940. The second-order valence-corrected chi connectivity index (χ2v) is 5.68. The number of thiazole rings is 1. The van der Waals surface area contributed by atoms with E-state index in [1.54, 1.807) is 11.3 Å². The zero-order chi connectivity index (χ0) is 11.0. The van der Waals surface area contributed by atoms with E-state index in [0.29, 0.717) is 0 Å². The minimum Gasteiger partial charge on any atom is -0.387 e. The summed E-state index contributed by atoms with van der Waals surface area (Å²) >= 11 is 1.72. The van der Waals surface area contributed by atoms with Crippen LogP contribution < -0.4 is 0 Å². The van der Waals surface area contributed by atoms with Gasteiger partial charge in [-0.25, -0.2) is 0 Å². The molecule has 1 aromatic rings. The summed E-state index contributed by atoms with van der Waals surface area (Å²) in [5.41, 5.74) is 2.99. The maximum absolute atomic E-state index is 5.60. The van der Waals surface area contributed by atoms with E-state index in [1.807, 2.05) is 18.6 Å². The highest BCUT2D eigenvalue weighted by molar-refractivity contribution is 7.09. The van der Waals surface area contributed by atoms with Crippen LogP contribution in [0.2, 0.25) is 0 Å². The van der Waals surface area contributed by atoms with Crippen LogP contribution in [-0.4, -0.2) is 34.3 Å². The smallest absolute Gasteiger partial charge is 0.156 e. The van der Waals surface area contributed by atoms with E-state index in [2.05, 4.69) is 15.0 Å². The Morgan fingerprint density at radius 1 is 1.62 bits per heavy atom. The van der Waals surface area contributed by atoms with Crippen molar-refractivity contribution in [3.05, 3.63) is 16.6 Å². The summed E-state index contributed by atoms with van der Waals surface area (Å²) in [7, 11) is 0. The van der Waals surface area contributed by atoms with Crippen LogP contribution >= 0.6 is 11.3 Å². The molecule has 2 aliphatic rings. The fourth-order valence-corrected chi connectivity index (χ4v) is 3.16. The molecule has 1 fully saturated rings. The van der Waals surface area contributed by atoms with Gasteiger partial charge in [-0.2, -0.15) is 0 Å². The average molecular weight is 237 g/mol. The predicted molar refractivity (Wildman–Crippen MR) is 63.6 cm³/mol. The molecular weight excluding hydrogens is 222 g/mol. The molecule has 16 heavy (non-hydrogen) atoms. The van der Waals surface area contributed by atoms with Gasteiger partial charge >= 0.3 is 0 Å². The molecule has 0 amide bonds. The summed E-state index contributed by atoms with van der Waals surface area (Å²) in [5.74, 6) is 0. The molecule has 3 heterocycles. The van der Waals surface area contributed by atoms with Crippen molar-refractivity contribution < 1.29 is 4.84 Å². The first-order chi connectivity index (χ1) is 7.76. The Balaban J connectivity index is 1.61. The van der Waals surface area contributed by atoms with Crippen LogP contribution in [0.4, 0.5) is 0 Å². The summed E-state index contributed by atoms with van der Waals surface area (Å²) in [5, 5.41) is 4.08. The third-order valence-corrected chi connectivity index (χ3v) is 4.00. The number of rotatable bonds is 2. The van der Waals surface area contributed by atoms with Crippen molar-refractivity contribution in [3.8, 4) is 0 Å². The maximum atomic E-state index is 5.60. The van der Waals surface area contributed by atoms with Crippen molar-refractivity contribution in [1.29, 1.82) is 0 Å². The van der Waals surface area contributed by atoms with Gasteiger partial charge in [0.1, 0.15) is 0 Å². The average Bonchev–Trinajstić information content (AvgIpc) is 2.93. The second-order valence-electron chi connectivity index (χ2n) is 4.71. The van der Waals surface area contributed by atoms with Crippen LogP contribution in [0.5, 0.6) is 0 Å². The normalized spacial score (nSPS) is 29.7. The summed E-state index contributed by atoms with van der Waals surface area (Å²) < 4.78 is 0. The van der Waals surface area contributed by atoms with Gasteiger partial charge in [-0.1, -0.05) is 5.16 Å². The monoisotopic (exact) mass is 237 g/mol. The highest BCUT2D eigenvalue weighted by atomic mass is 32.1. The molecule has 4 nitrogen and oxygen atoms in total. The van der Waals surface area contributed by atoms with Gasteiger partial charge in [0.05, 0.1) is 11.2 Å². The van der Waals surface area contributed by atoms with E-state index in [-0.39, 0.29) is 5.60 Å². The van der Waals surface area contributed by atoms with E-state index in [1.165, 1.54) is 4.88 Å². The Morgan fingerprint density at radius 2 is 2.56 bits per heavy atom. The Kier molecular flexibility index (Phi) is 2.44. The molecule has 5 heteroatoms. The summed E-state index contributed by atoms with van der Waals surface area (Å²) in [6.07, 6.45) is 4.03. The van der Waals surface area contributed by atoms with Crippen molar-refractivity contribution in [1.82, 2.24) is 9.88 Å². The highest BCUT2D eigenvalue weighted by Crippen LogP contribution is 2.34. The molecule has 0 radical (unpaired) electrons. The quantitative estimate of drug-likeness (QED) is 0.788. The van der Waals surface area contributed by atoms with E-state index >= 15 is 0 Å². The topological polar surface area (TPSA) is 37.7 Å². The number of likely N-dealkylation sites (tertiary alicyclic amines) is 1. The zero-order valence-electron chi connectivity index (χ0n) is 9.35.